The van der Waals surface area contributed by atoms with Gasteiger partial charge in [-0.05, 0) is 105 Å². The summed E-state index contributed by atoms with van der Waals surface area (Å²) < 4.78 is 20.4. The number of ether oxygens (including phenoxy) is 1. The first-order valence-electron chi connectivity index (χ1n) is 10.7. The summed E-state index contributed by atoms with van der Waals surface area (Å²) in [6, 6.07) is 13.8. The van der Waals surface area contributed by atoms with Gasteiger partial charge in [-0.2, -0.15) is 10.5 Å². The fourth-order valence-corrected chi connectivity index (χ4v) is 6.53. The van der Waals surface area contributed by atoms with E-state index in [1.165, 1.54) is 29.5 Å². The Bertz CT molecular complexity index is 1400. The molecule has 4 rings (SSSR count). The molecule has 1 heterocycles. The zero-order valence-electron chi connectivity index (χ0n) is 18.3. The Morgan fingerprint density at radius 1 is 1.17 bits per heavy atom. The van der Waals surface area contributed by atoms with Crippen LogP contribution in [0.4, 0.5) is 9.39 Å². The molecule has 0 unspecified atom stereocenters. The molecule has 0 aliphatic heterocycles. The van der Waals surface area contributed by atoms with Gasteiger partial charge in [0, 0.05) is 4.88 Å². The molecule has 35 heavy (non-hydrogen) atoms. The van der Waals surface area contributed by atoms with E-state index in [0.29, 0.717) is 36.4 Å². The third-order valence-corrected chi connectivity index (χ3v) is 7.86. The number of rotatable bonds is 6. The fourth-order valence-electron chi connectivity index (χ4n) is 3.84. The summed E-state index contributed by atoms with van der Waals surface area (Å²) in [5.41, 5.74) is 2.71. The Labute approximate surface area is 223 Å². The molecule has 0 fully saturated rings. The van der Waals surface area contributed by atoms with E-state index in [1.54, 1.807) is 24.3 Å². The summed E-state index contributed by atoms with van der Waals surface area (Å²) in [4.78, 5) is 14.0. The number of hydrogen-bond acceptors (Lipinski definition) is 5. The lowest BCUT2D eigenvalue weighted by Gasteiger charge is -2.12. The van der Waals surface area contributed by atoms with Crippen molar-refractivity contribution in [3.63, 3.8) is 0 Å². The molecule has 1 aliphatic rings. The van der Waals surface area contributed by atoms with Crippen LogP contribution in [0.25, 0.3) is 6.08 Å². The van der Waals surface area contributed by atoms with E-state index in [2.05, 4.69) is 43.2 Å². The van der Waals surface area contributed by atoms with E-state index in [1.807, 2.05) is 6.07 Å². The van der Waals surface area contributed by atoms with Crippen LogP contribution in [-0.4, -0.2) is 5.91 Å². The van der Waals surface area contributed by atoms with Crippen molar-refractivity contribution in [2.75, 3.05) is 5.32 Å². The smallest absolute Gasteiger partial charge is 0.266 e. The number of halogens is 3. The zero-order valence-corrected chi connectivity index (χ0v) is 22.3. The third-order valence-electron chi connectivity index (χ3n) is 5.48. The normalized spacial score (nSPS) is 12.9. The first-order chi connectivity index (χ1) is 16.9. The van der Waals surface area contributed by atoms with Crippen molar-refractivity contribution in [1.82, 2.24) is 0 Å². The molecule has 0 radical (unpaired) electrons. The van der Waals surface area contributed by atoms with Gasteiger partial charge in [0.1, 0.15) is 40.9 Å². The number of thiophene rings is 1. The number of hydrogen-bond donors (Lipinski definition) is 1. The monoisotopic (exact) mass is 613 g/mol. The lowest BCUT2D eigenvalue weighted by atomic mass is 9.96. The highest BCUT2D eigenvalue weighted by molar-refractivity contribution is 9.11. The number of anilines is 1. The molecule has 0 bridgehead atoms. The molecule has 2 aromatic carbocycles. The van der Waals surface area contributed by atoms with E-state index >= 15 is 0 Å². The van der Waals surface area contributed by atoms with Crippen LogP contribution in [0.3, 0.4) is 0 Å². The standard InChI is InChI=1S/C26H18Br2FN3O2S/c27-21-10-16(11-22(28)24(21)34-14-15-4-3-5-18(29)9-15)8-17(12-30)25(33)32-26-20(13-31)19-6-1-2-7-23(19)35-26/h3-5,8-11H,1-2,6-7,14H2,(H,32,33)/b17-8+. The van der Waals surface area contributed by atoms with Crippen molar-refractivity contribution < 1.29 is 13.9 Å². The molecule has 1 aliphatic carbocycles. The maximum absolute atomic E-state index is 13.4. The average Bonchev–Trinajstić information content (AvgIpc) is 3.18. The van der Waals surface area contributed by atoms with Crippen LogP contribution < -0.4 is 10.1 Å². The van der Waals surface area contributed by atoms with Gasteiger partial charge in [0.2, 0.25) is 0 Å². The van der Waals surface area contributed by atoms with Gasteiger partial charge in [0.25, 0.3) is 5.91 Å². The first-order valence-corrected chi connectivity index (χ1v) is 13.1. The Balaban J connectivity index is 1.53. The first kappa shape index (κ1) is 25.1. The molecule has 3 aromatic rings. The van der Waals surface area contributed by atoms with E-state index < -0.39 is 5.91 Å². The number of benzene rings is 2. The number of amides is 1. The number of nitrogens with one attached hydrogen (secondary N) is 1. The van der Waals surface area contributed by atoms with Crippen molar-refractivity contribution in [3.8, 4) is 17.9 Å². The summed E-state index contributed by atoms with van der Waals surface area (Å²) in [6.45, 7) is 0.169. The van der Waals surface area contributed by atoms with Gasteiger partial charge >= 0.3 is 0 Å². The second-order valence-corrected chi connectivity index (χ2v) is 10.7. The molecule has 0 atom stereocenters. The second kappa shape index (κ2) is 11.2. The number of nitriles is 2. The highest BCUT2D eigenvalue weighted by atomic mass is 79.9. The van der Waals surface area contributed by atoms with Gasteiger partial charge in [-0.25, -0.2) is 4.39 Å². The van der Waals surface area contributed by atoms with Gasteiger partial charge in [0.05, 0.1) is 14.5 Å². The second-order valence-electron chi connectivity index (χ2n) is 7.88. The Hall–Kier alpha value is -2.98. The quantitative estimate of drug-likeness (QED) is 0.233. The van der Waals surface area contributed by atoms with Gasteiger partial charge < -0.3 is 10.1 Å². The lowest BCUT2D eigenvalue weighted by Crippen LogP contribution is -2.13. The number of nitrogens with zero attached hydrogens (tertiary/aromatic N) is 2. The van der Waals surface area contributed by atoms with Crippen molar-refractivity contribution >= 4 is 60.2 Å². The molecule has 0 saturated heterocycles. The van der Waals surface area contributed by atoms with E-state index in [0.717, 1.165) is 36.1 Å². The molecule has 1 aromatic heterocycles. The van der Waals surface area contributed by atoms with Crippen LogP contribution in [0.5, 0.6) is 5.75 Å². The fraction of sp³-hybridized carbons (Fsp3) is 0.192. The Morgan fingerprint density at radius 3 is 2.60 bits per heavy atom. The van der Waals surface area contributed by atoms with Gasteiger partial charge in [-0.1, -0.05) is 12.1 Å². The Kier molecular flexibility index (Phi) is 8.02. The zero-order chi connectivity index (χ0) is 24.9. The van der Waals surface area contributed by atoms with Crippen molar-refractivity contribution in [1.29, 1.82) is 10.5 Å². The van der Waals surface area contributed by atoms with Gasteiger partial charge in [-0.3, -0.25) is 4.79 Å². The molecule has 0 spiro atoms. The number of carbonyl (C=O) groups excluding carboxylic acids is 1. The Morgan fingerprint density at radius 2 is 1.91 bits per heavy atom. The molecule has 5 nitrogen and oxygen atoms in total. The minimum absolute atomic E-state index is 0.0903. The summed E-state index contributed by atoms with van der Waals surface area (Å²) in [5.74, 6) is -0.393. The predicted molar refractivity (Wildman–Crippen MR) is 140 cm³/mol. The van der Waals surface area contributed by atoms with E-state index in [-0.39, 0.29) is 18.0 Å². The van der Waals surface area contributed by atoms with Gasteiger partial charge in [-0.15, -0.1) is 11.3 Å². The SMILES string of the molecule is N#C/C(=C\c1cc(Br)c(OCc2cccc(F)c2)c(Br)c1)C(=O)Nc1sc2c(c1C#N)CCCC2. The third kappa shape index (κ3) is 5.82. The predicted octanol–water partition coefficient (Wildman–Crippen LogP) is 7.29. The van der Waals surface area contributed by atoms with E-state index in [9.17, 15) is 19.7 Å². The molecule has 0 saturated carbocycles. The summed E-state index contributed by atoms with van der Waals surface area (Å²) >= 11 is 8.34. The van der Waals surface area contributed by atoms with Crippen LogP contribution >= 0.6 is 43.2 Å². The van der Waals surface area contributed by atoms with Crippen LogP contribution in [-0.2, 0) is 24.2 Å². The van der Waals surface area contributed by atoms with Crippen LogP contribution in [0, 0.1) is 28.5 Å². The topological polar surface area (TPSA) is 85.9 Å². The maximum Gasteiger partial charge on any atom is 0.266 e. The minimum Gasteiger partial charge on any atom is -0.487 e. The molecule has 176 valence electrons. The number of aryl methyl sites for hydroxylation is 1. The van der Waals surface area contributed by atoms with Crippen LogP contribution in [0.2, 0.25) is 0 Å². The van der Waals surface area contributed by atoms with Crippen LogP contribution in [0.1, 0.15) is 40.0 Å². The minimum atomic E-state index is -0.568. The number of carbonyl (C=O) groups is 1. The molecular weight excluding hydrogens is 597 g/mol. The van der Waals surface area contributed by atoms with Crippen LogP contribution in [0.15, 0.2) is 50.9 Å². The maximum atomic E-state index is 13.4. The van der Waals surface area contributed by atoms with Crippen molar-refractivity contribution in [2.24, 2.45) is 0 Å². The molecule has 9 heteroatoms. The van der Waals surface area contributed by atoms with Gasteiger partial charge in [0.15, 0.2) is 0 Å². The summed E-state index contributed by atoms with van der Waals surface area (Å²) in [7, 11) is 0. The number of fused-ring (bicyclic) bond motifs is 1. The summed E-state index contributed by atoms with van der Waals surface area (Å²) in [5, 5.41) is 22.5. The average molecular weight is 615 g/mol. The highest BCUT2D eigenvalue weighted by Crippen LogP contribution is 2.38. The lowest BCUT2D eigenvalue weighted by molar-refractivity contribution is -0.112. The van der Waals surface area contributed by atoms with E-state index in [4.69, 9.17) is 4.74 Å². The molecular formula is C26H18Br2FN3O2S. The highest BCUT2D eigenvalue weighted by Gasteiger charge is 2.23. The largest absolute Gasteiger partial charge is 0.487 e. The summed E-state index contributed by atoms with van der Waals surface area (Å²) in [6.07, 6.45) is 5.31. The molecule has 1 N–H and O–H groups in total. The van der Waals surface area contributed by atoms with Crippen molar-refractivity contribution in [3.05, 3.63) is 83.9 Å². The van der Waals surface area contributed by atoms with Crippen molar-refractivity contribution in [2.45, 2.75) is 32.3 Å². The molecule has 1 amide bonds.